The van der Waals surface area contributed by atoms with Crippen LogP contribution in [0.4, 0.5) is 4.79 Å². The third kappa shape index (κ3) is 7.34. The van der Waals surface area contributed by atoms with Crippen molar-refractivity contribution in [1.82, 2.24) is 9.47 Å². The highest BCUT2D eigenvalue weighted by Crippen LogP contribution is 2.19. The zero-order chi connectivity index (χ0) is 22.9. The standard InChI is InChI=1S/C20H30N3O7.BrH/c1-19(2,3)29-15(24)10-21-9-13-8-14(17(26)28-7)22(18(27)23(13)12-21)11-16(25)30-20(4,5)6;/h9,12,14H,8,10-11H2,1-7H3;1H/q+1;/p-1. The molecule has 1 aromatic heterocycles. The van der Waals surface area contributed by atoms with Crippen LogP contribution in [0.2, 0.25) is 0 Å². The first kappa shape index (κ1) is 26.6. The molecule has 1 unspecified atom stereocenters. The lowest BCUT2D eigenvalue weighted by Gasteiger charge is -2.31. The summed E-state index contributed by atoms with van der Waals surface area (Å²) in [5.74, 6) is -1.74. The minimum Gasteiger partial charge on any atom is -1.00 e. The van der Waals surface area contributed by atoms with Crippen molar-refractivity contribution in [2.45, 2.75) is 71.8 Å². The molecule has 11 heteroatoms. The van der Waals surface area contributed by atoms with E-state index in [9.17, 15) is 19.2 Å². The molecular formula is C20H30BrN3O7. The average Bonchev–Trinajstić information content (AvgIpc) is 2.95. The van der Waals surface area contributed by atoms with Crippen molar-refractivity contribution in [3.8, 4) is 0 Å². The zero-order valence-electron chi connectivity index (χ0n) is 18.9. The van der Waals surface area contributed by atoms with Gasteiger partial charge in [0.05, 0.1) is 7.11 Å². The molecule has 0 N–H and O–H groups in total. The van der Waals surface area contributed by atoms with Gasteiger partial charge < -0.3 is 31.2 Å². The maximum atomic E-state index is 13.0. The van der Waals surface area contributed by atoms with Gasteiger partial charge in [-0.25, -0.2) is 19.0 Å². The highest BCUT2D eigenvalue weighted by atomic mass is 79.9. The van der Waals surface area contributed by atoms with Crippen LogP contribution in [0.15, 0.2) is 12.5 Å². The van der Waals surface area contributed by atoms with Crippen molar-refractivity contribution in [3.63, 3.8) is 0 Å². The SMILES string of the molecule is COC(=O)C1Cc2c[n+](CC(=O)OC(C)(C)C)cn2C(=O)N1CC(=O)OC(C)(C)C.[Br-]. The molecule has 174 valence electrons. The quantitative estimate of drug-likeness (QED) is 0.255. The first-order valence-corrected chi connectivity index (χ1v) is 9.63. The lowest BCUT2D eigenvalue weighted by Crippen LogP contribution is -3.00. The van der Waals surface area contributed by atoms with Crippen LogP contribution in [-0.2, 0) is 41.6 Å². The number of imidazole rings is 1. The van der Waals surface area contributed by atoms with E-state index in [1.165, 1.54) is 22.6 Å². The Kier molecular flexibility index (Phi) is 8.41. The zero-order valence-corrected chi connectivity index (χ0v) is 20.5. The maximum absolute atomic E-state index is 13.0. The van der Waals surface area contributed by atoms with Gasteiger partial charge in [0, 0.05) is 6.42 Å². The normalized spacial score (nSPS) is 16.2. The Bertz CT molecular complexity index is 852. The van der Waals surface area contributed by atoms with Crippen LogP contribution in [0.5, 0.6) is 0 Å². The Labute approximate surface area is 192 Å². The van der Waals surface area contributed by atoms with E-state index in [0.29, 0.717) is 5.69 Å². The number of nitrogens with zero attached hydrogens (tertiary/aromatic N) is 3. The summed E-state index contributed by atoms with van der Waals surface area (Å²) in [6, 6.07) is -1.56. The van der Waals surface area contributed by atoms with Crippen LogP contribution in [-0.4, -0.2) is 64.3 Å². The number of esters is 3. The van der Waals surface area contributed by atoms with E-state index in [1.54, 1.807) is 47.7 Å². The fourth-order valence-electron chi connectivity index (χ4n) is 3.06. The summed E-state index contributed by atoms with van der Waals surface area (Å²) in [6.07, 6.45) is 3.17. The van der Waals surface area contributed by atoms with Gasteiger partial charge in [0.15, 0.2) is 12.2 Å². The summed E-state index contributed by atoms with van der Waals surface area (Å²) in [4.78, 5) is 50.8. The monoisotopic (exact) mass is 503 g/mol. The molecule has 1 amide bonds. The van der Waals surface area contributed by atoms with E-state index in [-0.39, 0.29) is 29.9 Å². The van der Waals surface area contributed by atoms with E-state index in [2.05, 4.69) is 0 Å². The Morgan fingerprint density at radius 1 is 1.06 bits per heavy atom. The van der Waals surface area contributed by atoms with E-state index >= 15 is 0 Å². The highest BCUT2D eigenvalue weighted by molar-refractivity contribution is 5.90. The molecule has 0 spiro atoms. The third-order valence-electron chi connectivity index (χ3n) is 4.04. The van der Waals surface area contributed by atoms with Crippen molar-refractivity contribution in [2.24, 2.45) is 0 Å². The summed E-state index contributed by atoms with van der Waals surface area (Å²) in [7, 11) is 1.22. The molecule has 31 heavy (non-hydrogen) atoms. The van der Waals surface area contributed by atoms with Crippen molar-refractivity contribution in [3.05, 3.63) is 18.2 Å². The van der Waals surface area contributed by atoms with Gasteiger partial charge in [-0.15, -0.1) is 4.57 Å². The summed E-state index contributed by atoms with van der Waals surface area (Å²) in [5, 5.41) is 0. The number of hydrogen-bond donors (Lipinski definition) is 0. The van der Waals surface area contributed by atoms with Gasteiger partial charge in [-0.1, -0.05) is 0 Å². The minimum absolute atomic E-state index is 0. The molecule has 0 aliphatic carbocycles. The summed E-state index contributed by atoms with van der Waals surface area (Å²) in [5.41, 5.74) is -0.849. The number of fused-ring (bicyclic) bond motifs is 1. The number of carbonyl (C=O) groups is 4. The van der Waals surface area contributed by atoms with Gasteiger partial charge in [0.25, 0.3) is 6.33 Å². The van der Waals surface area contributed by atoms with Crippen LogP contribution in [0.1, 0.15) is 47.2 Å². The van der Waals surface area contributed by atoms with Crippen LogP contribution < -0.4 is 21.5 Å². The topological polar surface area (TPSA) is 108 Å². The summed E-state index contributed by atoms with van der Waals surface area (Å²) >= 11 is 0. The maximum Gasteiger partial charge on any atom is 0.417 e. The number of carbonyl (C=O) groups excluding carboxylic acids is 4. The van der Waals surface area contributed by atoms with Gasteiger partial charge in [0.2, 0.25) is 0 Å². The van der Waals surface area contributed by atoms with Crippen LogP contribution >= 0.6 is 0 Å². The van der Waals surface area contributed by atoms with E-state index < -0.39 is 47.7 Å². The molecule has 0 radical (unpaired) electrons. The van der Waals surface area contributed by atoms with Crippen LogP contribution in [0.25, 0.3) is 0 Å². The Morgan fingerprint density at radius 3 is 2.13 bits per heavy atom. The molecule has 2 rings (SSSR count). The number of rotatable bonds is 5. The molecule has 10 nitrogen and oxygen atoms in total. The smallest absolute Gasteiger partial charge is 0.417 e. The van der Waals surface area contributed by atoms with Gasteiger partial charge in [-0.3, -0.25) is 9.69 Å². The predicted octanol–water partition coefficient (Wildman–Crippen LogP) is -2.17. The lowest BCUT2D eigenvalue weighted by molar-refractivity contribution is -0.685. The fourth-order valence-corrected chi connectivity index (χ4v) is 3.06. The summed E-state index contributed by atoms with van der Waals surface area (Å²) < 4.78 is 18.2. The van der Waals surface area contributed by atoms with Crippen LogP contribution in [0, 0.1) is 0 Å². The molecule has 1 aliphatic rings. The molecule has 1 aromatic rings. The second kappa shape index (κ2) is 9.80. The third-order valence-corrected chi connectivity index (χ3v) is 4.04. The number of amides is 1. The molecule has 0 aromatic carbocycles. The van der Waals surface area contributed by atoms with Crippen molar-refractivity contribution in [2.75, 3.05) is 13.7 Å². The van der Waals surface area contributed by atoms with Crippen molar-refractivity contribution >= 4 is 23.9 Å². The number of halogens is 1. The van der Waals surface area contributed by atoms with Gasteiger partial charge in [-0.2, -0.15) is 0 Å². The molecule has 2 heterocycles. The van der Waals surface area contributed by atoms with E-state index in [4.69, 9.17) is 14.2 Å². The minimum atomic E-state index is -0.979. The number of ether oxygens (including phenoxy) is 3. The summed E-state index contributed by atoms with van der Waals surface area (Å²) in [6.45, 7) is 9.93. The Hall–Kier alpha value is -2.43. The van der Waals surface area contributed by atoms with E-state index in [0.717, 1.165) is 4.90 Å². The molecule has 0 bridgehead atoms. The molecule has 1 atom stereocenters. The molecule has 0 fully saturated rings. The average molecular weight is 504 g/mol. The molecule has 0 saturated heterocycles. The first-order chi connectivity index (χ1) is 13.7. The second-order valence-electron chi connectivity index (χ2n) is 9.10. The molecular weight excluding hydrogens is 474 g/mol. The van der Waals surface area contributed by atoms with Gasteiger partial charge >= 0.3 is 23.9 Å². The first-order valence-electron chi connectivity index (χ1n) is 9.63. The largest absolute Gasteiger partial charge is 1.00 e. The Morgan fingerprint density at radius 2 is 1.61 bits per heavy atom. The molecule has 1 aliphatic heterocycles. The van der Waals surface area contributed by atoms with Crippen molar-refractivity contribution in [1.29, 1.82) is 0 Å². The Balaban J connectivity index is 0.00000480. The predicted molar refractivity (Wildman–Crippen MR) is 103 cm³/mol. The molecule has 0 saturated carbocycles. The highest BCUT2D eigenvalue weighted by Gasteiger charge is 2.43. The van der Waals surface area contributed by atoms with Gasteiger partial charge in [0.1, 0.15) is 30.0 Å². The van der Waals surface area contributed by atoms with E-state index in [1.807, 2.05) is 0 Å². The van der Waals surface area contributed by atoms with Gasteiger partial charge in [-0.05, 0) is 41.5 Å². The number of hydrogen-bond acceptors (Lipinski definition) is 7. The second-order valence-corrected chi connectivity index (χ2v) is 9.10. The number of methoxy groups -OCH3 is 1. The lowest BCUT2D eigenvalue weighted by atomic mass is 10.1. The fraction of sp³-hybridized carbons (Fsp3) is 0.650. The van der Waals surface area contributed by atoms with Crippen molar-refractivity contribution < 1.29 is 54.9 Å². The number of aromatic nitrogens is 2. The van der Waals surface area contributed by atoms with Crippen LogP contribution in [0.3, 0.4) is 0 Å².